The fourth-order valence-corrected chi connectivity index (χ4v) is 2.99. The Morgan fingerprint density at radius 3 is 2.71 bits per heavy atom. The molecule has 0 bridgehead atoms. The van der Waals surface area contributed by atoms with Crippen LogP contribution in [-0.4, -0.2) is 32.2 Å². The van der Waals surface area contributed by atoms with Crippen molar-refractivity contribution < 1.29 is 18.3 Å². The molecule has 1 amide bonds. The molecule has 0 radical (unpaired) electrons. The Labute approximate surface area is 165 Å². The summed E-state index contributed by atoms with van der Waals surface area (Å²) in [5.41, 5.74) is 0.596. The fraction of sp³-hybridized carbons (Fsp3) is 0.200. The summed E-state index contributed by atoms with van der Waals surface area (Å²) in [7, 11) is 0. The highest BCUT2D eigenvalue weighted by atomic mass is 35.5. The van der Waals surface area contributed by atoms with Gasteiger partial charge in [-0.05, 0) is 30.3 Å². The lowest BCUT2D eigenvalue weighted by molar-refractivity contribution is -0.112. The summed E-state index contributed by atoms with van der Waals surface area (Å²) in [4.78, 5) is 14.6. The number of nitrogens with one attached hydrogen (secondary N) is 1. The molecular formula is C20H16ClF2N3O2. The Morgan fingerprint density at radius 1 is 1.25 bits per heavy atom. The predicted molar refractivity (Wildman–Crippen MR) is 103 cm³/mol. The van der Waals surface area contributed by atoms with Crippen molar-refractivity contribution in [2.24, 2.45) is 0 Å². The average Bonchev–Trinajstić information content (AvgIpc) is 2.70. The fourth-order valence-electron chi connectivity index (χ4n) is 2.81. The lowest BCUT2D eigenvalue weighted by Crippen LogP contribution is -2.36. The summed E-state index contributed by atoms with van der Waals surface area (Å²) >= 11 is 6.06. The topological polar surface area (TPSA) is 65.4 Å². The zero-order chi connectivity index (χ0) is 20.1. The number of hydrogen-bond donors (Lipinski definition) is 1. The normalized spacial score (nSPS) is 14.5. The summed E-state index contributed by atoms with van der Waals surface area (Å²) < 4.78 is 32.6. The Balaban J connectivity index is 1.89. The van der Waals surface area contributed by atoms with E-state index in [9.17, 15) is 18.8 Å². The number of rotatable bonds is 4. The van der Waals surface area contributed by atoms with Crippen LogP contribution in [0.2, 0.25) is 5.02 Å². The van der Waals surface area contributed by atoms with Crippen LogP contribution in [0.15, 0.2) is 42.0 Å². The molecule has 1 heterocycles. The molecule has 1 fully saturated rings. The molecule has 8 heteroatoms. The number of carbonyl (C=O) groups is 1. The van der Waals surface area contributed by atoms with Crippen LogP contribution in [0.5, 0.6) is 0 Å². The van der Waals surface area contributed by atoms with Crippen molar-refractivity contribution in [3.05, 3.63) is 64.2 Å². The number of nitriles is 1. The number of nitrogens with zero attached hydrogens (tertiary/aromatic N) is 2. The van der Waals surface area contributed by atoms with Gasteiger partial charge in [0.1, 0.15) is 11.6 Å². The van der Waals surface area contributed by atoms with Gasteiger partial charge in [0.15, 0.2) is 11.6 Å². The van der Waals surface area contributed by atoms with Crippen LogP contribution in [0.25, 0.3) is 6.08 Å². The van der Waals surface area contributed by atoms with Crippen molar-refractivity contribution in [1.82, 2.24) is 0 Å². The van der Waals surface area contributed by atoms with Crippen LogP contribution < -0.4 is 10.2 Å². The van der Waals surface area contributed by atoms with Crippen LogP contribution >= 0.6 is 11.6 Å². The highest BCUT2D eigenvalue weighted by Gasteiger charge is 2.18. The van der Waals surface area contributed by atoms with E-state index in [-0.39, 0.29) is 11.1 Å². The first kappa shape index (κ1) is 19.8. The van der Waals surface area contributed by atoms with Gasteiger partial charge in [-0.15, -0.1) is 0 Å². The molecule has 1 aliphatic rings. The van der Waals surface area contributed by atoms with E-state index in [0.29, 0.717) is 37.0 Å². The lowest BCUT2D eigenvalue weighted by atomic mass is 10.1. The number of carbonyl (C=O) groups excluding carboxylic acids is 1. The van der Waals surface area contributed by atoms with Crippen molar-refractivity contribution in [3.8, 4) is 6.07 Å². The summed E-state index contributed by atoms with van der Waals surface area (Å²) in [5.74, 6) is -2.93. The molecule has 0 atom stereocenters. The van der Waals surface area contributed by atoms with Gasteiger partial charge in [-0.2, -0.15) is 5.26 Å². The quantitative estimate of drug-likeness (QED) is 0.619. The predicted octanol–water partition coefficient (Wildman–Crippen LogP) is 4.00. The molecule has 144 valence electrons. The minimum absolute atomic E-state index is 0.189. The van der Waals surface area contributed by atoms with Gasteiger partial charge in [-0.1, -0.05) is 23.7 Å². The Bertz CT molecular complexity index is 966. The van der Waals surface area contributed by atoms with Crippen molar-refractivity contribution in [2.45, 2.75) is 0 Å². The number of amides is 1. The summed E-state index contributed by atoms with van der Waals surface area (Å²) in [6.07, 6.45) is 1.01. The molecule has 5 nitrogen and oxygen atoms in total. The van der Waals surface area contributed by atoms with Gasteiger partial charge in [-0.25, -0.2) is 8.78 Å². The van der Waals surface area contributed by atoms with E-state index in [1.54, 1.807) is 24.3 Å². The molecule has 0 aromatic heterocycles. The number of halogens is 3. The third-order valence-electron chi connectivity index (χ3n) is 4.20. The van der Waals surface area contributed by atoms with Gasteiger partial charge in [0.25, 0.3) is 5.91 Å². The van der Waals surface area contributed by atoms with Crippen LogP contribution in [0, 0.1) is 23.0 Å². The molecule has 2 aromatic carbocycles. The van der Waals surface area contributed by atoms with Gasteiger partial charge >= 0.3 is 0 Å². The standard InChI is InChI=1S/C20H16ClF2N3O2/c21-15-4-5-18(26-6-8-28-9-7-26)17(11-15)25-20(27)14(12-24)10-13-2-1-3-16(22)19(13)23/h1-5,10-11H,6-9H2,(H,25,27)/b14-10-. The molecule has 2 aromatic rings. The van der Waals surface area contributed by atoms with E-state index in [1.165, 1.54) is 12.1 Å². The van der Waals surface area contributed by atoms with Gasteiger partial charge in [0, 0.05) is 23.7 Å². The van der Waals surface area contributed by atoms with Crippen molar-refractivity contribution in [1.29, 1.82) is 5.26 Å². The van der Waals surface area contributed by atoms with Gasteiger partial charge < -0.3 is 15.0 Å². The highest BCUT2D eigenvalue weighted by Crippen LogP contribution is 2.30. The number of anilines is 2. The molecule has 1 N–H and O–H groups in total. The molecule has 0 spiro atoms. The van der Waals surface area contributed by atoms with Gasteiger partial charge in [0.05, 0.1) is 24.6 Å². The third-order valence-corrected chi connectivity index (χ3v) is 4.44. The van der Waals surface area contributed by atoms with E-state index in [1.807, 2.05) is 4.90 Å². The maximum atomic E-state index is 13.9. The monoisotopic (exact) mass is 403 g/mol. The molecule has 0 saturated carbocycles. The van der Waals surface area contributed by atoms with E-state index >= 15 is 0 Å². The zero-order valence-corrected chi connectivity index (χ0v) is 15.5. The number of morpholine rings is 1. The van der Waals surface area contributed by atoms with Gasteiger partial charge in [0.2, 0.25) is 0 Å². The molecule has 1 saturated heterocycles. The second-order valence-corrected chi connectivity index (χ2v) is 6.46. The second-order valence-electron chi connectivity index (χ2n) is 6.03. The maximum absolute atomic E-state index is 13.9. The van der Waals surface area contributed by atoms with Gasteiger partial charge in [-0.3, -0.25) is 4.79 Å². The first-order chi connectivity index (χ1) is 13.5. The summed E-state index contributed by atoms with van der Waals surface area (Å²) in [5, 5.41) is 12.4. The minimum Gasteiger partial charge on any atom is -0.378 e. The SMILES string of the molecule is N#C/C(=C/c1cccc(F)c1F)C(=O)Nc1cc(Cl)ccc1N1CCOCC1. The highest BCUT2D eigenvalue weighted by molar-refractivity contribution is 6.31. The Kier molecular flexibility index (Phi) is 6.24. The third kappa shape index (κ3) is 4.47. The Morgan fingerprint density at radius 2 is 2.00 bits per heavy atom. The first-order valence-corrected chi connectivity index (χ1v) is 8.87. The van der Waals surface area contributed by atoms with E-state index in [2.05, 4.69) is 5.32 Å². The van der Waals surface area contributed by atoms with E-state index < -0.39 is 17.5 Å². The van der Waals surface area contributed by atoms with Crippen molar-refractivity contribution >= 4 is 35.0 Å². The molecule has 3 rings (SSSR count). The molecule has 1 aliphatic heterocycles. The van der Waals surface area contributed by atoms with Crippen molar-refractivity contribution in [3.63, 3.8) is 0 Å². The van der Waals surface area contributed by atoms with Crippen LogP contribution in [0.3, 0.4) is 0 Å². The lowest BCUT2D eigenvalue weighted by Gasteiger charge is -2.30. The van der Waals surface area contributed by atoms with Crippen LogP contribution in [0.1, 0.15) is 5.56 Å². The average molecular weight is 404 g/mol. The Hall–Kier alpha value is -2.95. The smallest absolute Gasteiger partial charge is 0.266 e. The molecule has 28 heavy (non-hydrogen) atoms. The zero-order valence-electron chi connectivity index (χ0n) is 14.7. The number of ether oxygens (including phenoxy) is 1. The molecular weight excluding hydrogens is 388 g/mol. The first-order valence-electron chi connectivity index (χ1n) is 8.49. The van der Waals surface area contributed by atoms with E-state index in [4.69, 9.17) is 16.3 Å². The van der Waals surface area contributed by atoms with Crippen LogP contribution in [-0.2, 0) is 9.53 Å². The molecule has 0 aliphatic carbocycles. The summed E-state index contributed by atoms with van der Waals surface area (Å²) in [6, 6.07) is 10.3. The number of hydrogen-bond acceptors (Lipinski definition) is 4. The minimum atomic E-state index is -1.13. The number of benzene rings is 2. The van der Waals surface area contributed by atoms with Crippen LogP contribution in [0.4, 0.5) is 20.2 Å². The largest absolute Gasteiger partial charge is 0.378 e. The maximum Gasteiger partial charge on any atom is 0.266 e. The van der Waals surface area contributed by atoms with Crippen molar-refractivity contribution in [2.75, 3.05) is 36.5 Å². The summed E-state index contributed by atoms with van der Waals surface area (Å²) in [6.45, 7) is 2.39. The molecule has 0 unspecified atom stereocenters. The second kappa shape index (κ2) is 8.83. The van der Waals surface area contributed by atoms with E-state index in [0.717, 1.165) is 17.8 Å².